The number of aryl methyl sites for hydroxylation is 1. The molecule has 2 amide bonds. The van der Waals surface area contributed by atoms with Crippen molar-refractivity contribution in [2.45, 2.75) is 44.6 Å². The molecule has 0 spiro atoms. The number of halogens is 1. The van der Waals surface area contributed by atoms with Gasteiger partial charge in [0.15, 0.2) is 0 Å². The van der Waals surface area contributed by atoms with Crippen LogP contribution in [0, 0.1) is 6.92 Å². The third kappa shape index (κ3) is 5.33. The van der Waals surface area contributed by atoms with E-state index in [0.717, 1.165) is 48.2 Å². The van der Waals surface area contributed by atoms with Crippen molar-refractivity contribution < 1.29 is 14.3 Å². The Balaban J connectivity index is 1.41. The number of benzene rings is 1. The third-order valence-electron chi connectivity index (χ3n) is 6.08. The summed E-state index contributed by atoms with van der Waals surface area (Å²) in [6.07, 6.45) is 3.74. The van der Waals surface area contributed by atoms with Gasteiger partial charge in [0.05, 0.1) is 17.4 Å². The summed E-state index contributed by atoms with van der Waals surface area (Å²) < 4.78 is 6.57. The molecule has 0 aliphatic carbocycles. The number of nitrogens with one attached hydrogen (secondary N) is 1. The van der Waals surface area contributed by atoms with Crippen molar-refractivity contribution in [2.75, 3.05) is 26.2 Å². The van der Waals surface area contributed by atoms with Gasteiger partial charge in [-0.3, -0.25) is 14.6 Å². The standard InChI is InChI=1S/C24H28BrN3O3/c1-16-4-9-21(23(29)26-15-20-3-2-14-31-20)22(27-16)17-10-12-28(13-11-17)24(30)18-5-7-19(25)8-6-18/h4-9,17,20H,2-3,10-15H2,1H3,(H,26,29). The summed E-state index contributed by atoms with van der Waals surface area (Å²) in [5.41, 5.74) is 3.09. The number of carbonyl (C=O) groups excluding carboxylic acids is 2. The van der Waals surface area contributed by atoms with Crippen LogP contribution in [0.2, 0.25) is 0 Å². The zero-order chi connectivity index (χ0) is 21.8. The zero-order valence-electron chi connectivity index (χ0n) is 17.8. The van der Waals surface area contributed by atoms with E-state index in [-0.39, 0.29) is 23.8 Å². The maximum atomic E-state index is 12.9. The molecular formula is C24H28BrN3O3. The van der Waals surface area contributed by atoms with E-state index in [4.69, 9.17) is 9.72 Å². The minimum Gasteiger partial charge on any atom is -0.376 e. The van der Waals surface area contributed by atoms with E-state index >= 15 is 0 Å². The van der Waals surface area contributed by atoms with Crippen molar-refractivity contribution in [1.29, 1.82) is 0 Å². The molecule has 1 aromatic heterocycles. The molecule has 0 radical (unpaired) electrons. The smallest absolute Gasteiger partial charge is 0.253 e. The number of hydrogen-bond donors (Lipinski definition) is 1. The van der Waals surface area contributed by atoms with Gasteiger partial charge in [-0.25, -0.2) is 0 Å². The minimum absolute atomic E-state index is 0.0534. The average molecular weight is 486 g/mol. The number of ether oxygens (including phenoxy) is 1. The molecule has 1 N–H and O–H groups in total. The third-order valence-corrected chi connectivity index (χ3v) is 6.61. The maximum absolute atomic E-state index is 12.9. The Kier molecular flexibility index (Phi) is 7.02. The molecule has 1 aromatic carbocycles. The van der Waals surface area contributed by atoms with Crippen LogP contribution in [0.3, 0.4) is 0 Å². The number of pyridine rings is 1. The average Bonchev–Trinajstić information content (AvgIpc) is 3.31. The molecular weight excluding hydrogens is 458 g/mol. The highest BCUT2D eigenvalue weighted by Crippen LogP contribution is 2.30. The van der Waals surface area contributed by atoms with Gasteiger partial charge in [-0.15, -0.1) is 0 Å². The quantitative estimate of drug-likeness (QED) is 0.692. The minimum atomic E-state index is -0.0913. The van der Waals surface area contributed by atoms with Gasteiger partial charge in [-0.2, -0.15) is 0 Å². The second-order valence-corrected chi connectivity index (χ2v) is 9.22. The van der Waals surface area contributed by atoms with E-state index < -0.39 is 0 Å². The van der Waals surface area contributed by atoms with E-state index in [9.17, 15) is 9.59 Å². The summed E-state index contributed by atoms with van der Waals surface area (Å²) in [5, 5.41) is 3.02. The molecule has 0 saturated carbocycles. The van der Waals surface area contributed by atoms with Gasteiger partial charge in [-0.05, 0) is 69.0 Å². The second-order valence-electron chi connectivity index (χ2n) is 8.30. The highest BCUT2D eigenvalue weighted by Gasteiger charge is 2.28. The fourth-order valence-corrected chi connectivity index (χ4v) is 4.58. The summed E-state index contributed by atoms with van der Waals surface area (Å²) in [7, 11) is 0. The van der Waals surface area contributed by atoms with Crippen molar-refractivity contribution in [2.24, 2.45) is 0 Å². The van der Waals surface area contributed by atoms with Crippen molar-refractivity contribution in [3.8, 4) is 0 Å². The van der Waals surface area contributed by atoms with Crippen LogP contribution < -0.4 is 5.32 Å². The van der Waals surface area contributed by atoms with E-state index in [1.807, 2.05) is 48.2 Å². The Labute approximate surface area is 191 Å². The fourth-order valence-electron chi connectivity index (χ4n) is 4.32. The van der Waals surface area contributed by atoms with Crippen molar-refractivity contribution >= 4 is 27.7 Å². The van der Waals surface area contributed by atoms with Crippen LogP contribution in [0.4, 0.5) is 0 Å². The summed E-state index contributed by atoms with van der Waals surface area (Å²) in [5.74, 6) is 0.126. The molecule has 1 unspecified atom stereocenters. The molecule has 2 aliphatic heterocycles. The van der Waals surface area contributed by atoms with Gasteiger partial charge in [-0.1, -0.05) is 15.9 Å². The predicted octanol–water partition coefficient (Wildman–Crippen LogP) is 4.08. The number of aromatic nitrogens is 1. The van der Waals surface area contributed by atoms with Crippen LogP contribution in [0.25, 0.3) is 0 Å². The molecule has 0 bridgehead atoms. The first kappa shape index (κ1) is 22.0. The number of hydrogen-bond acceptors (Lipinski definition) is 4. The van der Waals surface area contributed by atoms with Gasteiger partial charge in [0.25, 0.3) is 11.8 Å². The monoisotopic (exact) mass is 485 g/mol. The number of rotatable bonds is 5. The Bertz CT molecular complexity index is 934. The Morgan fingerprint density at radius 1 is 1.13 bits per heavy atom. The number of carbonyl (C=O) groups is 2. The molecule has 3 heterocycles. The summed E-state index contributed by atoms with van der Waals surface area (Å²) >= 11 is 3.41. The molecule has 6 nitrogen and oxygen atoms in total. The number of likely N-dealkylation sites (tertiary alicyclic amines) is 1. The largest absolute Gasteiger partial charge is 0.376 e. The lowest BCUT2D eigenvalue weighted by molar-refractivity contribution is 0.0710. The van der Waals surface area contributed by atoms with Crippen LogP contribution in [-0.2, 0) is 4.74 Å². The lowest BCUT2D eigenvalue weighted by atomic mass is 9.89. The van der Waals surface area contributed by atoms with Gasteiger partial charge < -0.3 is 15.0 Å². The number of nitrogens with zero attached hydrogens (tertiary/aromatic N) is 2. The molecule has 1 atom stereocenters. The van der Waals surface area contributed by atoms with Gasteiger partial charge in [0, 0.05) is 47.9 Å². The van der Waals surface area contributed by atoms with E-state index in [2.05, 4.69) is 21.2 Å². The molecule has 164 valence electrons. The highest BCUT2D eigenvalue weighted by atomic mass is 79.9. The summed E-state index contributed by atoms with van der Waals surface area (Å²) in [4.78, 5) is 32.3. The van der Waals surface area contributed by atoms with E-state index in [0.29, 0.717) is 30.8 Å². The molecule has 2 aliphatic rings. The van der Waals surface area contributed by atoms with Crippen LogP contribution in [0.15, 0.2) is 40.9 Å². The predicted molar refractivity (Wildman–Crippen MR) is 122 cm³/mol. The first-order valence-electron chi connectivity index (χ1n) is 10.9. The number of piperidine rings is 1. The van der Waals surface area contributed by atoms with E-state index in [1.54, 1.807) is 0 Å². The van der Waals surface area contributed by atoms with E-state index in [1.165, 1.54) is 0 Å². The van der Waals surface area contributed by atoms with Gasteiger partial charge >= 0.3 is 0 Å². The number of amides is 2. The summed E-state index contributed by atoms with van der Waals surface area (Å²) in [6.45, 7) is 4.57. The Morgan fingerprint density at radius 2 is 1.87 bits per heavy atom. The van der Waals surface area contributed by atoms with Crippen LogP contribution in [-0.4, -0.2) is 54.0 Å². The van der Waals surface area contributed by atoms with Crippen LogP contribution in [0.5, 0.6) is 0 Å². The fraction of sp³-hybridized carbons (Fsp3) is 0.458. The SMILES string of the molecule is Cc1ccc(C(=O)NCC2CCCO2)c(C2CCN(C(=O)c3ccc(Br)cc3)CC2)n1. The summed E-state index contributed by atoms with van der Waals surface area (Å²) in [6, 6.07) is 11.2. The van der Waals surface area contributed by atoms with Crippen LogP contribution in [0.1, 0.15) is 63.7 Å². The molecule has 7 heteroatoms. The Hall–Kier alpha value is -2.25. The first-order valence-corrected chi connectivity index (χ1v) is 11.7. The molecule has 2 saturated heterocycles. The van der Waals surface area contributed by atoms with Gasteiger partial charge in [0.1, 0.15) is 0 Å². The highest BCUT2D eigenvalue weighted by molar-refractivity contribution is 9.10. The van der Waals surface area contributed by atoms with Crippen molar-refractivity contribution in [1.82, 2.24) is 15.2 Å². The maximum Gasteiger partial charge on any atom is 0.253 e. The van der Waals surface area contributed by atoms with Crippen molar-refractivity contribution in [3.63, 3.8) is 0 Å². The molecule has 2 aromatic rings. The Morgan fingerprint density at radius 3 is 2.55 bits per heavy atom. The lowest BCUT2D eigenvalue weighted by Crippen LogP contribution is -2.39. The lowest BCUT2D eigenvalue weighted by Gasteiger charge is -2.32. The first-order chi connectivity index (χ1) is 15.0. The second kappa shape index (κ2) is 9.92. The van der Waals surface area contributed by atoms with Crippen molar-refractivity contribution in [3.05, 3.63) is 63.4 Å². The molecule has 2 fully saturated rings. The molecule has 31 heavy (non-hydrogen) atoms. The normalized spacial score (nSPS) is 19.4. The topological polar surface area (TPSA) is 71.5 Å². The zero-order valence-corrected chi connectivity index (χ0v) is 19.4. The molecule has 4 rings (SSSR count). The van der Waals surface area contributed by atoms with Crippen LogP contribution >= 0.6 is 15.9 Å². The van der Waals surface area contributed by atoms with Gasteiger partial charge in [0.2, 0.25) is 0 Å².